The van der Waals surface area contributed by atoms with E-state index in [2.05, 4.69) is 19.9 Å². The molecule has 8 heteroatoms. The summed E-state index contributed by atoms with van der Waals surface area (Å²) in [5.41, 5.74) is 3.18. The molecule has 0 saturated carbocycles. The Balaban J connectivity index is 1.60. The van der Waals surface area contributed by atoms with Crippen molar-refractivity contribution in [2.45, 2.75) is 19.5 Å². The minimum absolute atomic E-state index is 0.0203. The number of carbonyl (C=O) groups excluding carboxylic acids is 1. The van der Waals surface area contributed by atoms with E-state index in [1.54, 1.807) is 35.6 Å². The smallest absolute Gasteiger partial charge is 0.250 e. The molecule has 1 aliphatic heterocycles. The standard InChI is InChI=1S/C18H16N6O2/c25-16-3-1-2-5-23(16)10-17(26)24-6-4-15-14(9-24)18(22-12-21-15)13-7-19-11-20-8-13/h1-3,5,7-8,11-12H,4,6,9-10H2. The third-order valence-electron chi connectivity index (χ3n) is 4.39. The molecule has 0 bridgehead atoms. The van der Waals surface area contributed by atoms with Crippen LogP contribution in [-0.2, 0) is 24.3 Å². The Hall–Kier alpha value is -3.42. The van der Waals surface area contributed by atoms with Crippen LogP contribution < -0.4 is 5.56 Å². The lowest BCUT2D eigenvalue weighted by Crippen LogP contribution is -2.40. The van der Waals surface area contributed by atoms with Gasteiger partial charge in [-0.15, -0.1) is 0 Å². The third-order valence-corrected chi connectivity index (χ3v) is 4.39. The van der Waals surface area contributed by atoms with Crippen molar-refractivity contribution < 1.29 is 4.79 Å². The van der Waals surface area contributed by atoms with Crippen LogP contribution in [0.2, 0.25) is 0 Å². The Morgan fingerprint density at radius 1 is 1.12 bits per heavy atom. The maximum Gasteiger partial charge on any atom is 0.250 e. The normalized spacial score (nSPS) is 13.3. The van der Waals surface area contributed by atoms with Gasteiger partial charge in [0.25, 0.3) is 5.56 Å². The number of hydrogen-bond acceptors (Lipinski definition) is 6. The first-order valence-corrected chi connectivity index (χ1v) is 8.24. The van der Waals surface area contributed by atoms with Gasteiger partial charge >= 0.3 is 0 Å². The minimum Gasteiger partial charge on any atom is -0.336 e. The molecule has 1 amide bonds. The Labute approximate surface area is 149 Å². The van der Waals surface area contributed by atoms with Crippen LogP contribution in [0.1, 0.15) is 11.3 Å². The minimum atomic E-state index is -0.191. The lowest BCUT2D eigenvalue weighted by atomic mass is 10.0. The average Bonchev–Trinajstić information content (AvgIpc) is 2.69. The van der Waals surface area contributed by atoms with Crippen LogP contribution in [0.5, 0.6) is 0 Å². The Morgan fingerprint density at radius 3 is 2.77 bits per heavy atom. The number of fused-ring (bicyclic) bond motifs is 1. The number of pyridine rings is 1. The fraction of sp³-hybridized carbons (Fsp3) is 0.222. The van der Waals surface area contributed by atoms with Gasteiger partial charge in [0.05, 0.1) is 11.4 Å². The highest BCUT2D eigenvalue weighted by Crippen LogP contribution is 2.26. The molecule has 26 heavy (non-hydrogen) atoms. The predicted molar refractivity (Wildman–Crippen MR) is 92.9 cm³/mol. The summed E-state index contributed by atoms with van der Waals surface area (Å²) < 4.78 is 1.41. The van der Waals surface area contributed by atoms with Gasteiger partial charge in [-0.1, -0.05) is 6.07 Å². The maximum absolute atomic E-state index is 12.7. The highest BCUT2D eigenvalue weighted by Gasteiger charge is 2.25. The summed E-state index contributed by atoms with van der Waals surface area (Å²) >= 11 is 0. The van der Waals surface area contributed by atoms with Crippen LogP contribution in [0.4, 0.5) is 0 Å². The average molecular weight is 348 g/mol. The zero-order valence-corrected chi connectivity index (χ0v) is 13.9. The Bertz CT molecular complexity index is 1000. The Kier molecular flexibility index (Phi) is 4.22. The second kappa shape index (κ2) is 6.83. The van der Waals surface area contributed by atoms with Crippen molar-refractivity contribution in [1.82, 2.24) is 29.4 Å². The van der Waals surface area contributed by atoms with Crippen molar-refractivity contribution in [3.63, 3.8) is 0 Å². The number of carbonyl (C=O) groups is 1. The summed E-state index contributed by atoms with van der Waals surface area (Å²) in [4.78, 5) is 43.0. The number of amides is 1. The van der Waals surface area contributed by atoms with Crippen LogP contribution in [-0.4, -0.2) is 41.9 Å². The van der Waals surface area contributed by atoms with E-state index in [1.165, 1.54) is 23.3 Å². The SMILES string of the molecule is O=C(Cn1ccccc1=O)N1CCc2ncnc(-c3cncnc3)c2C1. The number of rotatable bonds is 3. The predicted octanol–water partition coefficient (Wildman–Crippen LogP) is 0.680. The van der Waals surface area contributed by atoms with E-state index in [-0.39, 0.29) is 18.0 Å². The fourth-order valence-corrected chi connectivity index (χ4v) is 3.06. The van der Waals surface area contributed by atoms with Gasteiger partial charge in [0, 0.05) is 55.3 Å². The molecule has 3 aromatic heterocycles. The number of nitrogens with zero attached hydrogens (tertiary/aromatic N) is 6. The largest absolute Gasteiger partial charge is 0.336 e. The highest BCUT2D eigenvalue weighted by molar-refractivity contribution is 5.77. The van der Waals surface area contributed by atoms with Crippen LogP contribution in [0, 0.1) is 0 Å². The first-order valence-electron chi connectivity index (χ1n) is 8.24. The van der Waals surface area contributed by atoms with Gasteiger partial charge in [-0.2, -0.15) is 0 Å². The molecule has 0 aromatic carbocycles. The lowest BCUT2D eigenvalue weighted by Gasteiger charge is -2.29. The van der Waals surface area contributed by atoms with Crippen molar-refractivity contribution in [1.29, 1.82) is 0 Å². The first-order chi connectivity index (χ1) is 12.7. The molecule has 0 aliphatic carbocycles. The molecule has 0 radical (unpaired) electrons. The number of aromatic nitrogens is 5. The van der Waals surface area contributed by atoms with E-state index in [0.717, 1.165) is 22.5 Å². The van der Waals surface area contributed by atoms with Gasteiger partial charge in [-0.3, -0.25) is 9.59 Å². The van der Waals surface area contributed by atoms with Gasteiger partial charge in [-0.25, -0.2) is 19.9 Å². The van der Waals surface area contributed by atoms with Crippen LogP contribution in [0.3, 0.4) is 0 Å². The summed E-state index contributed by atoms with van der Waals surface area (Å²) in [7, 11) is 0. The topological polar surface area (TPSA) is 93.9 Å². The molecule has 130 valence electrons. The highest BCUT2D eigenvalue weighted by atomic mass is 16.2. The summed E-state index contributed by atoms with van der Waals surface area (Å²) in [5.74, 6) is -0.108. The third kappa shape index (κ3) is 3.08. The van der Waals surface area contributed by atoms with E-state index < -0.39 is 0 Å². The second-order valence-electron chi connectivity index (χ2n) is 6.01. The monoisotopic (exact) mass is 348 g/mol. The molecule has 0 saturated heterocycles. The van der Waals surface area contributed by atoms with Crippen molar-refractivity contribution in [2.75, 3.05) is 6.54 Å². The summed E-state index contributed by atoms with van der Waals surface area (Å²) in [5, 5.41) is 0. The molecule has 0 fully saturated rings. The van der Waals surface area contributed by atoms with E-state index >= 15 is 0 Å². The summed E-state index contributed by atoms with van der Waals surface area (Å²) in [6.45, 7) is 0.989. The molecular weight excluding hydrogens is 332 g/mol. The second-order valence-corrected chi connectivity index (χ2v) is 6.01. The molecule has 4 heterocycles. The van der Waals surface area contributed by atoms with Gasteiger partial charge in [0.15, 0.2) is 0 Å². The zero-order chi connectivity index (χ0) is 17.9. The molecule has 0 unspecified atom stereocenters. The van der Waals surface area contributed by atoms with Crippen molar-refractivity contribution in [3.8, 4) is 11.3 Å². The lowest BCUT2D eigenvalue weighted by molar-refractivity contribution is -0.132. The zero-order valence-electron chi connectivity index (χ0n) is 13.9. The molecule has 0 N–H and O–H groups in total. The van der Waals surface area contributed by atoms with Crippen molar-refractivity contribution in [3.05, 3.63) is 71.1 Å². The van der Waals surface area contributed by atoms with Gasteiger partial charge in [0.1, 0.15) is 19.2 Å². The first kappa shape index (κ1) is 16.1. The van der Waals surface area contributed by atoms with Crippen molar-refractivity contribution >= 4 is 5.91 Å². The molecule has 0 atom stereocenters. The van der Waals surface area contributed by atoms with E-state index in [4.69, 9.17) is 0 Å². The molecule has 1 aliphatic rings. The van der Waals surface area contributed by atoms with E-state index in [1.807, 2.05) is 0 Å². The van der Waals surface area contributed by atoms with Crippen LogP contribution >= 0.6 is 0 Å². The number of hydrogen-bond donors (Lipinski definition) is 0. The Morgan fingerprint density at radius 2 is 1.96 bits per heavy atom. The molecule has 8 nitrogen and oxygen atoms in total. The molecule has 4 rings (SSSR count). The molecule has 0 spiro atoms. The molecular formula is C18H16N6O2. The quantitative estimate of drug-likeness (QED) is 0.691. The van der Waals surface area contributed by atoms with E-state index in [9.17, 15) is 9.59 Å². The van der Waals surface area contributed by atoms with Gasteiger partial charge in [0.2, 0.25) is 5.91 Å². The molecule has 3 aromatic rings. The van der Waals surface area contributed by atoms with Crippen LogP contribution in [0.25, 0.3) is 11.3 Å². The van der Waals surface area contributed by atoms with Gasteiger partial charge < -0.3 is 9.47 Å². The van der Waals surface area contributed by atoms with Crippen LogP contribution in [0.15, 0.2) is 54.2 Å². The maximum atomic E-state index is 12.7. The van der Waals surface area contributed by atoms with Crippen molar-refractivity contribution in [2.24, 2.45) is 0 Å². The van der Waals surface area contributed by atoms with E-state index in [0.29, 0.717) is 19.5 Å². The van der Waals surface area contributed by atoms with Gasteiger partial charge in [-0.05, 0) is 6.07 Å². The fourth-order valence-electron chi connectivity index (χ4n) is 3.06. The summed E-state index contributed by atoms with van der Waals surface area (Å²) in [6, 6.07) is 4.84. The summed E-state index contributed by atoms with van der Waals surface area (Å²) in [6.07, 6.45) is 8.65.